The number of nitrogens with one attached hydrogen (secondary N) is 1. The predicted molar refractivity (Wildman–Crippen MR) is 82.4 cm³/mol. The molecular formula is C14H20N2OS2. The van der Waals surface area contributed by atoms with Gasteiger partial charge < -0.3 is 10.1 Å². The van der Waals surface area contributed by atoms with Gasteiger partial charge in [-0.25, -0.2) is 4.98 Å². The third kappa shape index (κ3) is 3.63. The molecule has 1 atom stereocenters. The van der Waals surface area contributed by atoms with Crippen LogP contribution in [0.25, 0.3) is 0 Å². The van der Waals surface area contributed by atoms with Crippen molar-refractivity contribution in [1.82, 2.24) is 10.3 Å². The highest BCUT2D eigenvalue weighted by atomic mass is 32.1. The van der Waals surface area contributed by atoms with Crippen molar-refractivity contribution >= 4 is 22.7 Å². The van der Waals surface area contributed by atoms with Gasteiger partial charge in [0.2, 0.25) is 0 Å². The second-order valence-electron chi connectivity index (χ2n) is 4.58. The van der Waals surface area contributed by atoms with Gasteiger partial charge in [0.15, 0.2) is 0 Å². The summed E-state index contributed by atoms with van der Waals surface area (Å²) in [5, 5.41) is 6.79. The quantitative estimate of drug-likeness (QED) is 0.829. The molecule has 2 aromatic rings. The number of ether oxygens (including phenoxy) is 1. The van der Waals surface area contributed by atoms with Gasteiger partial charge in [-0.2, -0.15) is 0 Å². The lowest BCUT2D eigenvalue weighted by molar-refractivity contribution is 0.197. The molecule has 5 heteroatoms. The van der Waals surface area contributed by atoms with Gasteiger partial charge in [-0.1, -0.05) is 0 Å². The van der Waals surface area contributed by atoms with Gasteiger partial charge in [-0.3, -0.25) is 0 Å². The summed E-state index contributed by atoms with van der Waals surface area (Å²) in [5.41, 5.74) is 2.43. The van der Waals surface area contributed by atoms with Crippen molar-refractivity contribution in [3.63, 3.8) is 0 Å². The van der Waals surface area contributed by atoms with E-state index in [0.29, 0.717) is 6.61 Å². The fourth-order valence-electron chi connectivity index (χ4n) is 2.08. The van der Waals surface area contributed by atoms with Crippen LogP contribution in [-0.4, -0.2) is 25.2 Å². The van der Waals surface area contributed by atoms with Crippen LogP contribution in [0.5, 0.6) is 0 Å². The number of rotatable bonds is 6. The minimum atomic E-state index is 0.179. The van der Waals surface area contributed by atoms with Crippen molar-refractivity contribution in [2.75, 3.05) is 20.3 Å². The van der Waals surface area contributed by atoms with Gasteiger partial charge >= 0.3 is 0 Å². The number of aromatic nitrogens is 1. The van der Waals surface area contributed by atoms with Crippen LogP contribution in [0.2, 0.25) is 0 Å². The van der Waals surface area contributed by atoms with Crippen molar-refractivity contribution in [2.24, 2.45) is 0 Å². The van der Waals surface area contributed by atoms with E-state index in [1.165, 1.54) is 15.3 Å². The Bertz CT molecular complexity index is 533. The Morgan fingerprint density at radius 3 is 2.68 bits per heavy atom. The Morgan fingerprint density at radius 1 is 1.37 bits per heavy atom. The van der Waals surface area contributed by atoms with Crippen LogP contribution in [0.15, 0.2) is 11.4 Å². The first-order valence-corrected chi connectivity index (χ1v) is 8.02. The summed E-state index contributed by atoms with van der Waals surface area (Å²) in [6.07, 6.45) is 0. The number of methoxy groups -OCH3 is 1. The Balaban J connectivity index is 2.26. The predicted octanol–water partition coefficient (Wildman–Crippen LogP) is 3.46. The summed E-state index contributed by atoms with van der Waals surface area (Å²) >= 11 is 3.56. The molecule has 0 amide bonds. The highest BCUT2D eigenvalue weighted by Gasteiger charge is 2.20. The smallest absolute Gasteiger partial charge is 0.114 e. The van der Waals surface area contributed by atoms with E-state index >= 15 is 0 Å². The fourth-order valence-corrected chi connectivity index (χ4v) is 3.93. The first-order chi connectivity index (χ1) is 9.11. The van der Waals surface area contributed by atoms with E-state index in [1.54, 1.807) is 18.4 Å². The molecule has 0 radical (unpaired) electrons. The molecule has 104 valence electrons. The molecule has 2 rings (SSSR count). The molecule has 19 heavy (non-hydrogen) atoms. The van der Waals surface area contributed by atoms with E-state index in [4.69, 9.17) is 4.74 Å². The summed E-state index contributed by atoms with van der Waals surface area (Å²) in [6.45, 7) is 7.91. The van der Waals surface area contributed by atoms with Gasteiger partial charge in [0.25, 0.3) is 0 Å². The molecule has 2 aromatic heterocycles. The zero-order valence-electron chi connectivity index (χ0n) is 11.8. The highest BCUT2D eigenvalue weighted by Crippen LogP contribution is 2.32. The maximum Gasteiger partial charge on any atom is 0.114 e. The molecule has 0 aliphatic heterocycles. The molecule has 0 aliphatic carbocycles. The molecule has 0 aliphatic rings. The van der Waals surface area contributed by atoms with Crippen molar-refractivity contribution in [3.8, 4) is 0 Å². The average Bonchev–Trinajstić information content (AvgIpc) is 2.92. The molecular weight excluding hydrogens is 276 g/mol. The number of nitrogens with zero attached hydrogens (tertiary/aromatic N) is 1. The van der Waals surface area contributed by atoms with E-state index in [2.05, 4.69) is 35.6 Å². The number of hydrogen-bond donors (Lipinski definition) is 1. The normalized spacial score (nSPS) is 12.8. The van der Waals surface area contributed by atoms with Crippen LogP contribution in [0.4, 0.5) is 0 Å². The maximum atomic E-state index is 5.13. The lowest BCUT2D eigenvalue weighted by atomic mass is 10.1. The lowest BCUT2D eigenvalue weighted by Crippen LogP contribution is -2.26. The van der Waals surface area contributed by atoms with E-state index < -0.39 is 0 Å². The standard InChI is InChI=1S/C14H20N2OS2/c1-9-8-18-14(16-9)13(15-5-6-17-4)12-7-10(2)19-11(12)3/h7-8,13,15H,5-6H2,1-4H3. The third-order valence-corrected chi connectivity index (χ3v) is 4.94. The van der Waals surface area contributed by atoms with E-state index in [9.17, 15) is 0 Å². The Hall–Kier alpha value is -0.750. The number of hydrogen-bond acceptors (Lipinski definition) is 5. The largest absolute Gasteiger partial charge is 0.383 e. The maximum absolute atomic E-state index is 5.13. The number of thiophene rings is 1. The summed E-state index contributed by atoms with van der Waals surface area (Å²) in [4.78, 5) is 7.34. The average molecular weight is 296 g/mol. The minimum Gasteiger partial charge on any atom is -0.383 e. The molecule has 0 saturated heterocycles. The van der Waals surface area contributed by atoms with Gasteiger partial charge in [-0.15, -0.1) is 22.7 Å². The van der Waals surface area contributed by atoms with Crippen molar-refractivity contribution in [1.29, 1.82) is 0 Å². The van der Waals surface area contributed by atoms with Gasteiger partial charge in [0.05, 0.1) is 12.6 Å². The summed E-state index contributed by atoms with van der Waals surface area (Å²) < 4.78 is 5.13. The monoisotopic (exact) mass is 296 g/mol. The summed E-state index contributed by atoms with van der Waals surface area (Å²) in [6, 6.07) is 2.44. The van der Waals surface area contributed by atoms with E-state index in [0.717, 1.165) is 17.2 Å². The first kappa shape index (κ1) is 14.7. The molecule has 2 heterocycles. The Labute approximate surface area is 122 Å². The van der Waals surface area contributed by atoms with Gasteiger partial charge in [0, 0.05) is 34.5 Å². The molecule has 1 N–H and O–H groups in total. The van der Waals surface area contributed by atoms with Crippen LogP contribution >= 0.6 is 22.7 Å². The van der Waals surface area contributed by atoms with Crippen LogP contribution < -0.4 is 5.32 Å². The SMILES string of the molecule is COCCNC(c1nc(C)cs1)c1cc(C)sc1C. The highest BCUT2D eigenvalue weighted by molar-refractivity contribution is 7.12. The van der Waals surface area contributed by atoms with Gasteiger partial charge in [-0.05, 0) is 32.4 Å². The van der Waals surface area contributed by atoms with Crippen molar-refractivity contribution in [3.05, 3.63) is 37.5 Å². The first-order valence-electron chi connectivity index (χ1n) is 6.33. The molecule has 0 fully saturated rings. The Morgan fingerprint density at radius 2 is 2.16 bits per heavy atom. The minimum absolute atomic E-state index is 0.179. The van der Waals surface area contributed by atoms with Crippen molar-refractivity contribution < 1.29 is 4.74 Å². The number of thiazole rings is 1. The fraction of sp³-hybridized carbons (Fsp3) is 0.500. The lowest BCUT2D eigenvalue weighted by Gasteiger charge is -2.16. The van der Waals surface area contributed by atoms with E-state index in [-0.39, 0.29) is 6.04 Å². The zero-order chi connectivity index (χ0) is 13.8. The molecule has 0 spiro atoms. The topological polar surface area (TPSA) is 34.1 Å². The second-order valence-corrected chi connectivity index (χ2v) is 6.93. The Kier molecular flexibility index (Phi) is 5.10. The molecule has 0 saturated carbocycles. The van der Waals surface area contributed by atoms with Crippen LogP contribution in [0.3, 0.4) is 0 Å². The van der Waals surface area contributed by atoms with Crippen molar-refractivity contribution in [2.45, 2.75) is 26.8 Å². The summed E-state index contributed by atoms with van der Waals surface area (Å²) in [5.74, 6) is 0. The van der Waals surface area contributed by atoms with E-state index in [1.807, 2.05) is 18.3 Å². The van der Waals surface area contributed by atoms with Crippen LogP contribution in [0, 0.1) is 20.8 Å². The van der Waals surface area contributed by atoms with Crippen LogP contribution in [-0.2, 0) is 4.74 Å². The molecule has 0 bridgehead atoms. The van der Waals surface area contributed by atoms with Crippen LogP contribution in [0.1, 0.15) is 32.1 Å². The summed E-state index contributed by atoms with van der Waals surface area (Å²) in [7, 11) is 1.73. The van der Waals surface area contributed by atoms with Gasteiger partial charge in [0.1, 0.15) is 5.01 Å². The second kappa shape index (κ2) is 6.61. The molecule has 1 unspecified atom stereocenters. The third-order valence-electron chi connectivity index (χ3n) is 2.93. The molecule has 0 aromatic carbocycles. The zero-order valence-corrected chi connectivity index (χ0v) is 13.5. The number of aryl methyl sites for hydroxylation is 3. The molecule has 3 nitrogen and oxygen atoms in total.